The van der Waals surface area contributed by atoms with E-state index in [1.54, 1.807) is 0 Å². The molecule has 0 aromatic carbocycles. The summed E-state index contributed by atoms with van der Waals surface area (Å²) >= 11 is 0. The quantitative estimate of drug-likeness (QED) is 0.683. The molecule has 1 aromatic heterocycles. The Hall–Kier alpha value is -1.43. The van der Waals surface area contributed by atoms with Gasteiger partial charge in [0.1, 0.15) is 0 Å². The first-order valence-electron chi connectivity index (χ1n) is 4.89. The fourth-order valence-electron chi connectivity index (χ4n) is 1.17. The molecule has 6 heteroatoms. The van der Waals surface area contributed by atoms with Crippen LogP contribution in [-0.4, -0.2) is 33.8 Å². The smallest absolute Gasteiger partial charge is 0.303 e. The summed E-state index contributed by atoms with van der Waals surface area (Å²) in [5, 5.41) is 15.3. The van der Waals surface area contributed by atoms with Crippen LogP contribution in [0.5, 0.6) is 0 Å². The van der Waals surface area contributed by atoms with Gasteiger partial charge in [0.15, 0.2) is 5.82 Å². The van der Waals surface area contributed by atoms with Crippen LogP contribution in [0.15, 0.2) is 10.9 Å². The van der Waals surface area contributed by atoms with E-state index in [1.165, 1.54) is 6.39 Å². The van der Waals surface area contributed by atoms with Crippen molar-refractivity contribution >= 4 is 5.97 Å². The Balaban J connectivity index is 2.06. The van der Waals surface area contributed by atoms with Gasteiger partial charge in [0, 0.05) is 25.4 Å². The third-order valence-electron chi connectivity index (χ3n) is 2.04. The molecule has 84 valence electrons. The van der Waals surface area contributed by atoms with Crippen LogP contribution < -0.4 is 5.32 Å². The highest BCUT2D eigenvalue weighted by molar-refractivity contribution is 5.66. The summed E-state index contributed by atoms with van der Waals surface area (Å²) in [6.07, 6.45) is 2.80. The minimum Gasteiger partial charge on any atom is -0.481 e. The molecule has 0 aliphatic heterocycles. The van der Waals surface area contributed by atoms with Crippen LogP contribution in [0.25, 0.3) is 0 Å². The Bertz CT molecular complexity index is 287. The van der Waals surface area contributed by atoms with Crippen LogP contribution in [0.3, 0.4) is 0 Å². The third kappa shape index (κ3) is 5.11. The number of aliphatic carboxylic acids is 1. The third-order valence-corrected chi connectivity index (χ3v) is 2.04. The normalized spacial score (nSPS) is 12.6. The number of carbonyl (C=O) groups is 1. The first-order chi connectivity index (χ1) is 7.18. The monoisotopic (exact) mass is 213 g/mol. The van der Waals surface area contributed by atoms with Crippen LogP contribution in [0.2, 0.25) is 0 Å². The number of hydrogen-bond donors (Lipinski definition) is 2. The second kappa shape index (κ2) is 6.13. The van der Waals surface area contributed by atoms with Gasteiger partial charge in [-0.2, -0.15) is 4.98 Å². The number of carboxylic acid groups (broad SMARTS) is 1. The molecule has 1 unspecified atom stereocenters. The molecular weight excluding hydrogens is 198 g/mol. The predicted octanol–water partition coefficient (Wildman–Crippen LogP) is 0.455. The van der Waals surface area contributed by atoms with Crippen LogP contribution in [0.1, 0.15) is 25.6 Å². The minimum atomic E-state index is -0.762. The van der Waals surface area contributed by atoms with Gasteiger partial charge in [-0.3, -0.25) is 4.79 Å². The van der Waals surface area contributed by atoms with E-state index in [-0.39, 0.29) is 12.5 Å². The van der Waals surface area contributed by atoms with Gasteiger partial charge in [-0.25, -0.2) is 0 Å². The number of nitrogens with one attached hydrogen (secondary N) is 1. The van der Waals surface area contributed by atoms with E-state index in [4.69, 9.17) is 5.11 Å². The van der Waals surface area contributed by atoms with E-state index in [0.717, 1.165) is 6.54 Å². The number of rotatable bonds is 7. The standard InChI is InChI=1S/C9H15N3O3/c1-7(2-3-9(13)14)10-5-4-8-11-6-15-12-8/h6-7,10H,2-5H2,1H3,(H,13,14). The van der Waals surface area contributed by atoms with Gasteiger partial charge in [-0.15, -0.1) is 0 Å². The summed E-state index contributed by atoms with van der Waals surface area (Å²) in [6.45, 7) is 2.68. The molecule has 2 N–H and O–H groups in total. The Morgan fingerprint density at radius 2 is 2.53 bits per heavy atom. The van der Waals surface area contributed by atoms with Gasteiger partial charge in [-0.05, 0) is 13.3 Å². The van der Waals surface area contributed by atoms with Crippen molar-refractivity contribution in [1.29, 1.82) is 0 Å². The Kier molecular flexibility index (Phi) is 4.76. The molecule has 15 heavy (non-hydrogen) atoms. The molecule has 1 rings (SSSR count). The molecule has 0 bridgehead atoms. The van der Waals surface area contributed by atoms with Gasteiger partial charge in [-0.1, -0.05) is 5.16 Å². The van der Waals surface area contributed by atoms with Crippen molar-refractivity contribution < 1.29 is 14.4 Å². The highest BCUT2D eigenvalue weighted by Crippen LogP contribution is 1.96. The minimum absolute atomic E-state index is 0.188. The fourth-order valence-corrected chi connectivity index (χ4v) is 1.17. The van der Waals surface area contributed by atoms with Crippen molar-refractivity contribution in [3.05, 3.63) is 12.2 Å². The van der Waals surface area contributed by atoms with Crippen LogP contribution in [0.4, 0.5) is 0 Å². The molecule has 0 amide bonds. The maximum Gasteiger partial charge on any atom is 0.303 e. The molecule has 0 aliphatic carbocycles. The Morgan fingerprint density at radius 3 is 3.13 bits per heavy atom. The number of nitrogens with zero attached hydrogens (tertiary/aromatic N) is 2. The number of carboxylic acids is 1. The zero-order valence-electron chi connectivity index (χ0n) is 8.64. The lowest BCUT2D eigenvalue weighted by Gasteiger charge is -2.11. The van der Waals surface area contributed by atoms with E-state index in [2.05, 4.69) is 20.0 Å². The first-order valence-corrected chi connectivity index (χ1v) is 4.89. The zero-order chi connectivity index (χ0) is 11.1. The maximum atomic E-state index is 10.3. The van der Waals surface area contributed by atoms with Gasteiger partial charge in [0.05, 0.1) is 0 Å². The zero-order valence-corrected chi connectivity index (χ0v) is 8.64. The summed E-state index contributed by atoms with van der Waals surface area (Å²) in [4.78, 5) is 14.2. The molecule has 0 radical (unpaired) electrons. The SMILES string of the molecule is CC(CCC(=O)O)NCCc1ncon1. The van der Waals surface area contributed by atoms with Crippen molar-refractivity contribution in [2.24, 2.45) is 0 Å². The van der Waals surface area contributed by atoms with Crippen molar-refractivity contribution in [3.63, 3.8) is 0 Å². The summed E-state index contributed by atoms with van der Waals surface area (Å²) in [6, 6.07) is 0.188. The first kappa shape index (κ1) is 11.6. The average molecular weight is 213 g/mol. The largest absolute Gasteiger partial charge is 0.481 e. The van der Waals surface area contributed by atoms with Crippen LogP contribution >= 0.6 is 0 Å². The summed E-state index contributed by atoms with van der Waals surface area (Å²) in [5.41, 5.74) is 0. The van der Waals surface area contributed by atoms with Crippen molar-refractivity contribution in [2.45, 2.75) is 32.2 Å². The number of aromatic nitrogens is 2. The molecule has 0 aliphatic rings. The highest BCUT2D eigenvalue weighted by Gasteiger charge is 2.05. The lowest BCUT2D eigenvalue weighted by Crippen LogP contribution is -2.28. The van der Waals surface area contributed by atoms with E-state index in [0.29, 0.717) is 18.7 Å². The molecule has 1 aromatic rings. The summed E-state index contributed by atoms with van der Waals surface area (Å²) < 4.78 is 4.58. The van der Waals surface area contributed by atoms with E-state index in [9.17, 15) is 4.79 Å². The van der Waals surface area contributed by atoms with Crippen molar-refractivity contribution in [1.82, 2.24) is 15.5 Å². The fraction of sp³-hybridized carbons (Fsp3) is 0.667. The van der Waals surface area contributed by atoms with Crippen LogP contribution in [0, 0.1) is 0 Å². The molecule has 1 atom stereocenters. The van der Waals surface area contributed by atoms with E-state index in [1.807, 2.05) is 6.92 Å². The summed E-state index contributed by atoms with van der Waals surface area (Å²) in [5.74, 6) is -0.102. The molecule has 0 fully saturated rings. The lowest BCUT2D eigenvalue weighted by molar-refractivity contribution is -0.137. The molecular formula is C9H15N3O3. The van der Waals surface area contributed by atoms with Gasteiger partial charge in [0.2, 0.25) is 6.39 Å². The van der Waals surface area contributed by atoms with E-state index < -0.39 is 5.97 Å². The van der Waals surface area contributed by atoms with Crippen molar-refractivity contribution in [3.8, 4) is 0 Å². The lowest BCUT2D eigenvalue weighted by atomic mass is 10.2. The van der Waals surface area contributed by atoms with E-state index >= 15 is 0 Å². The van der Waals surface area contributed by atoms with Gasteiger partial charge < -0.3 is 14.9 Å². The molecule has 0 spiro atoms. The number of hydrogen-bond acceptors (Lipinski definition) is 5. The summed E-state index contributed by atoms with van der Waals surface area (Å²) in [7, 11) is 0. The Morgan fingerprint density at radius 1 is 1.73 bits per heavy atom. The molecule has 6 nitrogen and oxygen atoms in total. The molecule has 0 saturated heterocycles. The van der Waals surface area contributed by atoms with Crippen LogP contribution in [-0.2, 0) is 11.2 Å². The van der Waals surface area contributed by atoms with Gasteiger partial charge >= 0.3 is 5.97 Å². The molecule has 1 heterocycles. The predicted molar refractivity (Wildman–Crippen MR) is 52.3 cm³/mol. The highest BCUT2D eigenvalue weighted by atomic mass is 16.5. The maximum absolute atomic E-state index is 10.3. The average Bonchev–Trinajstić information content (AvgIpc) is 2.67. The topological polar surface area (TPSA) is 88.2 Å². The van der Waals surface area contributed by atoms with Crippen molar-refractivity contribution in [2.75, 3.05) is 6.54 Å². The van der Waals surface area contributed by atoms with Gasteiger partial charge in [0.25, 0.3) is 0 Å². The second-order valence-corrected chi connectivity index (χ2v) is 3.39. The second-order valence-electron chi connectivity index (χ2n) is 3.39. The molecule has 0 saturated carbocycles. The Labute approximate surface area is 87.7 Å².